The molecule has 0 bridgehead atoms. The van der Waals surface area contributed by atoms with E-state index in [0.29, 0.717) is 11.1 Å². The Bertz CT molecular complexity index is 824. The maximum Gasteiger partial charge on any atom is 0.277 e. The number of nitro benzene ring substituents is 1. The topological polar surface area (TPSA) is 106 Å². The van der Waals surface area contributed by atoms with E-state index >= 15 is 0 Å². The minimum atomic E-state index is -0.420. The van der Waals surface area contributed by atoms with Gasteiger partial charge in [-0.3, -0.25) is 10.1 Å². The number of fused-ring (bicyclic) bond motifs is 1. The number of nitriles is 1. The third-order valence-corrected chi connectivity index (χ3v) is 4.23. The van der Waals surface area contributed by atoms with Crippen LogP contribution in [0.1, 0.15) is 36.1 Å². The van der Waals surface area contributed by atoms with Gasteiger partial charge in [0.2, 0.25) is 0 Å². The van der Waals surface area contributed by atoms with Gasteiger partial charge in [0.15, 0.2) is 0 Å². The number of nitrogen functional groups attached to an aromatic ring is 1. The molecule has 1 aliphatic rings. The third-order valence-electron chi connectivity index (χ3n) is 4.23. The first kappa shape index (κ1) is 15.0. The molecule has 0 spiro atoms. The van der Waals surface area contributed by atoms with Gasteiger partial charge in [-0.1, -0.05) is 18.6 Å². The minimum Gasteiger partial charge on any atom is -0.383 e. The summed E-state index contributed by atoms with van der Waals surface area (Å²) in [6.45, 7) is 0. The monoisotopic (exact) mass is 308 g/mol. The molecule has 0 amide bonds. The van der Waals surface area contributed by atoms with Crippen molar-refractivity contribution in [1.82, 2.24) is 4.98 Å². The van der Waals surface area contributed by atoms with Crippen molar-refractivity contribution in [3.05, 3.63) is 51.2 Å². The number of benzene rings is 1. The Hall–Kier alpha value is -2.94. The summed E-state index contributed by atoms with van der Waals surface area (Å²) in [4.78, 5) is 15.4. The molecule has 116 valence electrons. The zero-order chi connectivity index (χ0) is 16.4. The van der Waals surface area contributed by atoms with Crippen LogP contribution in [0.25, 0.3) is 11.1 Å². The van der Waals surface area contributed by atoms with E-state index in [2.05, 4.69) is 11.1 Å². The Kier molecular flexibility index (Phi) is 3.94. The second kappa shape index (κ2) is 6.05. The Morgan fingerprint density at radius 3 is 2.70 bits per heavy atom. The highest BCUT2D eigenvalue weighted by molar-refractivity contribution is 5.84. The van der Waals surface area contributed by atoms with Crippen molar-refractivity contribution in [2.24, 2.45) is 0 Å². The summed E-state index contributed by atoms with van der Waals surface area (Å²) < 4.78 is 0. The Labute approximate surface area is 133 Å². The molecule has 0 fully saturated rings. The predicted octanol–water partition coefficient (Wildman–Crippen LogP) is 3.38. The summed E-state index contributed by atoms with van der Waals surface area (Å²) in [6, 6.07) is 8.58. The fourth-order valence-corrected chi connectivity index (χ4v) is 3.19. The van der Waals surface area contributed by atoms with Gasteiger partial charge in [-0.15, -0.1) is 0 Å². The van der Waals surface area contributed by atoms with E-state index in [9.17, 15) is 15.4 Å². The molecule has 2 N–H and O–H groups in total. The average Bonchev–Trinajstić information content (AvgIpc) is 2.78. The van der Waals surface area contributed by atoms with E-state index in [-0.39, 0.29) is 17.1 Å². The molecular weight excluding hydrogens is 292 g/mol. The molecule has 2 aromatic rings. The number of aromatic nitrogens is 1. The summed E-state index contributed by atoms with van der Waals surface area (Å²) in [7, 11) is 0. The molecule has 6 heteroatoms. The van der Waals surface area contributed by atoms with Crippen LogP contribution in [0.2, 0.25) is 0 Å². The highest BCUT2D eigenvalue weighted by atomic mass is 16.6. The molecule has 0 atom stereocenters. The second-order valence-electron chi connectivity index (χ2n) is 5.62. The maximum absolute atomic E-state index is 11.4. The lowest BCUT2D eigenvalue weighted by Gasteiger charge is -2.15. The molecular formula is C17H16N4O2. The second-order valence-corrected chi connectivity index (χ2v) is 5.62. The number of para-hydroxylation sites is 1. The third kappa shape index (κ3) is 2.61. The van der Waals surface area contributed by atoms with Crippen molar-refractivity contribution in [2.45, 2.75) is 32.1 Å². The van der Waals surface area contributed by atoms with Gasteiger partial charge in [-0.05, 0) is 37.3 Å². The lowest BCUT2D eigenvalue weighted by Crippen LogP contribution is -2.07. The molecule has 23 heavy (non-hydrogen) atoms. The number of nitrogens with two attached hydrogens (primary N) is 1. The number of pyridine rings is 1. The van der Waals surface area contributed by atoms with Crippen LogP contribution in [-0.4, -0.2) is 9.91 Å². The van der Waals surface area contributed by atoms with Gasteiger partial charge < -0.3 is 5.73 Å². The number of aryl methyl sites for hydroxylation is 1. The van der Waals surface area contributed by atoms with Crippen LogP contribution in [0.5, 0.6) is 0 Å². The zero-order valence-corrected chi connectivity index (χ0v) is 12.6. The van der Waals surface area contributed by atoms with Crippen LogP contribution >= 0.6 is 0 Å². The maximum atomic E-state index is 11.4. The molecule has 1 aliphatic carbocycles. The van der Waals surface area contributed by atoms with Crippen LogP contribution in [0.4, 0.5) is 11.5 Å². The van der Waals surface area contributed by atoms with Gasteiger partial charge >= 0.3 is 0 Å². The van der Waals surface area contributed by atoms with E-state index < -0.39 is 4.92 Å². The minimum absolute atomic E-state index is 0.0129. The quantitative estimate of drug-likeness (QED) is 0.520. The van der Waals surface area contributed by atoms with Crippen LogP contribution < -0.4 is 5.73 Å². The summed E-state index contributed by atoms with van der Waals surface area (Å²) in [5, 5.41) is 20.9. The zero-order valence-electron chi connectivity index (χ0n) is 12.6. The summed E-state index contributed by atoms with van der Waals surface area (Å²) in [6.07, 6.45) is 4.63. The molecule has 1 heterocycles. The fraction of sp³-hybridized carbons (Fsp3) is 0.294. The van der Waals surface area contributed by atoms with E-state index in [1.54, 1.807) is 18.2 Å². The molecule has 1 aromatic carbocycles. The van der Waals surface area contributed by atoms with Crippen molar-refractivity contribution >= 4 is 11.5 Å². The molecule has 0 radical (unpaired) electrons. The highest BCUT2D eigenvalue weighted by Gasteiger charge is 2.25. The molecule has 0 unspecified atom stereocenters. The largest absolute Gasteiger partial charge is 0.383 e. The van der Waals surface area contributed by atoms with Gasteiger partial charge in [0.1, 0.15) is 17.5 Å². The lowest BCUT2D eigenvalue weighted by atomic mass is 9.91. The van der Waals surface area contributed by atoms with Gasteiger partial charge in [0.05, 0.1) is 10.5 Å². The normalized spacial score (nSPS) is 13.7. The highest BCUT2D eigenvalue weighted by Crippen LogP contribution is 2.39. The molecule has 0 aliphatic heterocycles. The van der Waals surface area contributed by atoms with E-state index in [4.69, 9.17) is 5.73 Å². The molecule has 3 rings (SSSR count). The number of hydrogen-bond donors (Lipinski definition) is 1. The van der Waals surface area contributed by atoms with Crippen molar-refractivity contribution in [3.63, 3.8) is 0 Å². The molecule has 1 aromatic heterocycles. The van der Waals surface area contributed by atoms with E-state index in [1.807, 2.05) is 0 Å². The Morgan fingerprint density at radius 1 is 1.22 bits per heavy atom. The molecule has 6 nitrogen and oxygen atoms in total. The van der Waals surface area contributed by atoms with Gasteiger partial charge in [-0.25, -0.2) is 4.98 Å². The molecule has 0 saturated carbocycles. The lowest BCUT2D eigenvalue weighted by molar-refractivity contribution is -0.384. The number of nitro groups is 1. The first-order valence-corrected chi connectivity index (χ1v) is 7.58. The van der Waals surface area contributed by atoms with Gasteiger partial charge in [-0.2, -0.15) is 5.26 Å². The van der Waals surface area contributed by atoms with Crippen molar-refractivity contribution < 1.29 is 4.92 Å². The average molecular weight is 308 g/mol. The van der Waals surface area contributed by atoms with Crippen molar-refractivity contribution in [2.75, 3.05) is 5.73 Å². The summed E-state index contributed by atoms with van der Waals surface area (Å²) in [5.41, 5.74) is 9.02. The Balaban J connectivity index is 2.37. The van der Waals surface area contributed by atoms with Crippen LogP contribution in [0.15, 0.2) is 24.3 Å². The number of nitrogens with zero attached hydrogens (tertiary/aromatic N) is 3. The summed E-state index contributed by atoms with van der Waals surface area (Å²) in [5.74, 6) is 0.154. The van der Waals surface area contributed by atoms with Crippen molar-refractivity contribution in [1.29, 1.82) is 5.26 Å². The van der Waals surface area contributed by atoms with E-state index in [0.717, 1.165) is 43.4 Å². The van der Waals surface area contributed by atoms with Gasteiger partial charge in [0, 0.05) is 17.3 Å². The van der Waals surface area contributed by atoms with Crippen LogP contribution in [0.3, 0.4) is 0 Å². The molecule has 0 saturated heterocycles. The number of hydrogen-bond acceptors (Lipinski definition) is 5. The number of anilines is 1. The standard InChI is InChI=1S/C17H16N4O2/c18-10-13-16(12-7-4-5-9-15(12)21(22)23)11-6-2-1-3-8-14(11)20-17(13)19/h4-5,7,9H,1-3,6,8H2,(H2,19,20). The Morgan fingerprint density at radius 2 is 1.96 bits per heavy atom. The van der Waals surface area contributed by atoms with Crippen LogP contribution in [-0.2, 0) is 12.8 Å². The van der Waals surface area contributed by atoms with Gasteiger partial charge in [0.25, 0.3) is 5.69 Å². The van der Waals surface area contributed by atoms with Crippen molar-refractivity contribution in [3.8, 4) is 17.2 Å². The number of rotatable bonds is 2. The van der Waals surface area contributed by atoms with Crippen LogP contribution in [0, 0.1) is 21.4 Å². The SMILES string of the molecule is N#Cc1c(N)nc2c(c1-c1ccccc1[N+](=O)[O-])CCCCC2. The first-order valence-electron chi connectivity index (χ1n) is 7.58. The fourth-order valence-electron chi connectivity index (χ4n) is 3.19. The predicted molar refractivity (Wildman–Crippen MR) is 86.7 cm³/mol. The summed E-state index contributed by atoms with van der Waals surface area (Å²) >= 11 is 0. The first-order chi connectivity index (χ1) is 11.1. The van der Waals surface area contributed by atoms with E-state index in [1.165, 1.54) is 6.07 Å². The smallest absolute Gasteiger partial charge is 0.277 e.